The number of carbonyl (C=O) groups is 1. The van der Waals surface area contributed by atoms with Gasteiger partial charge in [-0.2, -0.15) is 0 Å². The standard InChI is InChI=1S/C20H22BrFN2O2/c1-26-17-4-2-3-14(11-17)13-24-9-7-15(8-10-24)20(25)23-19-6-5-16(21)12-18(19)22/h2-6,11-12,15H,7-10,13H2,1H3,(H,23,25). The predicted octanol–water partition coefficient (Wildman–Crippen LogP) is 4.45. The summed E-state index contributed by atoms with van der Waals surface area (Å²) in [4.78, 5) is 14.8. The number of carbonyl (C=O) groups excluding carboxylic acids is 1. The van der Waals surface area contributed by atoms with Crippen LogP contribution in [0.5, 0.6) is 5.75 Å². The van der Waals surface area contributed by atoms with E-state index in [9.17, 15) is 9.18 Å². The Kier molecular flexibility index (Phi) is 6.27. The third kappa shape index (κ3) is 4.83. The topological polar surface area (TPSA) is 41.6 Å². The molecule has 1 N–H and O–H groups in total. The number of nitrogens with one attached hydrogen (secondary N) is 1. The van der Waals surface area contributed by atoms with Gasteiger partial charge in [-0.1, -0.05) is 28.1 Å². The van der Waals surface area contributed by atoms with Gasteiger partial charge in [-0.15, -0.1) is 0 Å². The maximum Gasteiger partial charge on any atom is 0.227 e. The van der Waals surface area contributed by atoms with Crippen molar-refractivity contribution in [2.45, 2.75) is 19.4 Å². The number of likely N-dealkylation sites (tertiary alicyclic amines) is 1. The van der Waals surface area contributed by atoms with Gasteiger partial charge in [-0.25, -0.2) is 4.39 Å². The molecule has 0 aliphatic carbocycles. The van der Waals surface area contributed by atoms with Crippen LogP contribution in [0.3, 0.4) is 0 Å². The number of amides is 1. The van der Waals surface area contributed by atoms with Crippen LogP contribution in [-0.2, 0) is 11.3 Å². The van der Waals surface area contributed by atoms with Crippen LogP contribution in [0.15, 0.2) is 46.9 Å². The number of hydrogen-bond donors (Lipinski definition) is 1. The fourth-order valence-corrected chi connectivity index (χ4v) is 3.54. The van der Waals surface area contributed by atoms with E-state index in [0.717, 1.165) is 38.2 Å². The fraction of sp³-hybridized carbons (Fsp3) is 0.350. The minimum Gasteiger partial charge on any atom is -0.497 e. The monoisotopic (exact) mass is 420 g/mol. The average molecular weight is 421 g/mol. The molecule has 1 aliphatic heterocycles. The van der Waals surface area contributed by atoms with Crippen LogP contribution in [0.1, 0.15) is 18.4 Å². The van der Waals surface area contributed by atoms with Gasteiger partial charge in [0.1, 0.15) is 11.6 Å². The number of piperidine rings is 1. The van der Waals surface area contributed by atoms with Gasteiger partial charge >= 0.3 is 0 Å². The smallest absolute Gasteiger partial charge is 0.227 e. The lowest BCUT2D eigenvalue weighted by molar-refractivity contribution is -0.121. The molecule has 4 nitrogen and oxygen atoms in total. The van der Waals surface area contributed by atoms with E-state index in [1.54, 1.807) is 19.2 Å². The maximum absolute atomic E-state index is 13.9. The highest BCUT2D eigenvalue weighted by atomic mass is 79.9. The molecule has 0 radical (unpaired) electrons. The third-order valence-electron chi connectivity index (χ3n) is 4.69. The Labute approximate surface area is 161 Å². The largest absolute Gasteiger partial charge is 0.497 e. The van der Waals surface area contributed by atoms with E-state index in [1.807, 2.05) is 18.2 Å². The van der Waals surface area contributed by atoms with Crippen molar-refractivity contribution < 1.29 is 13.9 Å². The second-order valence-electron chi connectivity index (χ2n) is 6.52. The molecule has 0 unspecified atom stereocenters. The second kappa shape index (κ2) is 8.64. The van der Waals surface area contributed by atoms with E-state index < -0.39 is 5.82 Å². The lowest BCUT2D eigenvalue weighted by Crippen LogP contribution is -2.37. The van der Waals surface area contributed by atoms with E-state index in [2.05, 4.69) is 32.2 Å². The Morgan fingerprint density at radius 1 is 1.27 bits per heavy atom. The van der Waals surface area contributed by atoms with Crippen LogP contribution < -0.4 is 10.1 Å². The molecule has 0 atom stereocenters. The normalized spacial score (nSPS) is 15.7. The van der Waals surface area contributed by atoms with Crippen LogP contribution in [-0.4, -0.2) is 31.0 Å². The summed E-state index contributed by atoms with van der Waals surface area (Å²) in [5.41, 5.74) is 1.43. The number of anilines is 1. The first-order chi connectivity index (χ1) is 12.5. The van der Waals surface area contributed by atoms with Gasteiger partial charge < -0.3 is 10.1 Å². The molecule has 1 saturated heterocycles. The van der Waals surface area contributed by atoms with E-state index in [0.29, 0.717) is 4.47 Å². The summed E-state index contributed by atoms with van der Waals surface area (Å²) < 4.78 is 19.8. The van der Waals surface area contributed by atoms with Crippen LogP contribution in [0.4, 0.5) is 10.1 Å². The van der Waals surface area contributed by atoms with Crippen molar-refractivity contribution in [3.63, 3.8) is 0 Å². The zero-order valence-corrected chi connectivity index (χ0v) is 16.3. The highest BCUT2D eigenvalue weighted by Gasteiger charge is 2.25. The predicted molar refractivity (Wildman–Crippen MR) is 104 cm³/mol. The minimum atomic E-state index is -0.428. The lowest BCUT2D eigenvalue weighted by atomic mass is 9.95. The summed E-state index contributed by atoms with van der Waals surface area (Å²) in [6.07, 6.45) is 1.54. The van der Waals surface area contributed by atoms with Crippen LogP contribution in [0, 0.1) is 11.7 Å². The Bertz CT molecular complexity index is 776. The summed E-state index contributed by atoms with van der Waals surface area (Å²) in [5.74, 6) is 0.239. The molecule has 26 heavy (non-hydrogen) atoms. The molecule has 1 heterocycles. The average Bonchev–Trinajstić information content (AvgIpc) is 2.64. The zero-order valence-electron chi connectivity index (χ0n) is 14.7. The molecule has 0 aromatic heterocycles. The third-order valence-corrected chi connectivity index (χ3v) is 5.18. The summed E-state index contributed by atoms with van der Waals surface area (Å²) in [6.45, 7) is 2.53. The van der Waals surface area contributed by atoms with Crippen molar-refractivity contribution in [1.29, 1.82) is 0 Å². The number of methoxy groups -OCH3 is 1. The van der Waals surface area contributed by atoms with E-state index in [-0.39, 0.29) is 17.5 Å². The molecule has 1 aliphatic rings. The van der Waals surface area contributed by atoms with Gasteiger partial charge in [-0.3, -0.25) is 9.69 Å². The quantitative estimate of drug-likeness (QED) is 0.776. The second-order valence-corrected chi connectivity index (χ2v) is 7.43. The molecule has 0 saturated carbocycles. The van der Waals surface area contributed by atoms with Crippen molar-refractivity contribution in [1.82, 2.24) is 4.90 Å². The Morgan fingerprint density at radius 3 is 2.73 bits per heavy atom. The Morgan fingerprint density at radius 2 is 2.04 bits per heavy atom. The SMILES string of the molecule is COc1cccc(CN2CCC(C(=O)Nc3ccc(Br)cc3F)CC2)c1. The minimum absolute atomic E-state index is 0.0837. The number of rotatable bonds is 5. The van der Waals surface area contributed by atoms with Crippen molar-refractivity contribution in [3.8, 4) is 5.75 Å². The number of hydrogen-bond acceptors (Lipinski definition) is 3. The van der Waals surface area contributed by atoms with E-state index in [1.165, 1.54) is 11.6 Å². The van der Waals surface area contributed by atoms with Crippen molar-refractivity contribution in [3.05, 3.63) is 58.3 Å². The van der Waals surface area contributed by atoms with Crippen molar-refractivity contribution in [2.75, 3.05) is 25.5 Å². The first kappa shape index (κ1) is 18.9. The van der Waals surface area contributed by atoms with Crippen molar-refractivity contribution >= 4 is 27.5 Å². The van der Waals surface area contributed by atoms with Crippen LogP contribution in [0.25, 0.3) is 0 Å². The Balaban J connectivity index is 1.52. The maximum atomic E-state index is 13.9. The van der Waals surface area contributed by atoms with Gasteiger partial charge in [0.05, 0.1) is 12.8 Å². The number of nitrogens with zero attached hydrogens (tertiary/aromatic N) is 1. The molecule has 1 fully saturated rings. The first-order valence-corrected chi connectivity index (χ1v) is 9.45. The molecule has 3 rings (SSSR count). The number of benzene rings is 2. The molecular formula is C20H22BrFN2O2. The molecule has 2 aromatic carbocycles. The molecule has 2 aromatic rings. The first-order valence-electron chi connectivity index (χ1n) is 8.66. The lowest BCUT2D eigenvalue weighted by Gasteiger charge is -2.31. The van der Waals surface area contributed by atoms with Gasteiger partial charge in [-0.05, 0) is 61.8 Å². The number of halogens is 2. The molecule has 0 bridgehead atoms. The van der Waals surface area contributed by atoms with Crippen LogP contribution in [0.2, 0.25) is 0 Å². The summed E-state index contributed by atoms with van der Waals surface area (Å²) in [6, 6.07) is 12.7. The Hall–Kier alpha value is -1.92. The fourth-order valence-electron chi connectivity index (χ4n) is 3.21. The molecule has 0 spiro atoms. The van der Waals surface area contributed by atoms with Gasteiger partial charge in [0, 0.05) is 16.9 Å². The molecule has 1 amide bonds. The van der Waals surface area contributed by atoms with Gasteiger partial charge in [0.2, 0.25) is 5.91 Å². The van der Waals surface area contributed by atoms with Gasteiger partial charge in [0.15, 0.2) is 0 Å². The molecular weight excluding hydrogens is 399 g/mol. The number of ether oxygens (including phenoxy) is 1. The zero-order chi connectivity index (χ0) is 18.5. The summed E-state index contributed by atoms with van der Waals surface area (Å²) in [7, 11) is 1.66. The van der Waals surface area contributed by atoms with E-state index in [4.69, 9.17) is 4.74 Å². The highest BCUT2D eigenvalue weighted by molar-refractivity contribution is 9.10. The highest BCUT2D eigenvalue weighted by Crippen LogP contribution is 2.24. The van der Waals surface area contributed by atoms with Crippen LogP contribution >= 0.6 is 15.9 Å². The van der Waals surface area contributed by atoms with Gasteiger partial charge in [0.25, 0.3) is 0 Å². The van der Waals surface area contributed by atoms with Crippen molar-refractivity contribution in [2.24, 2.45) is 5.92 Å². The van der Waals surface area contributed by atoms with E-state index >= 15 is 0 Å². The molecule has 6 heteroatoms. The summed E-state index contributed by atoms with van der Waals surface area (Å²) in [5, 5.41) is 2.72. The summed E-state index contributed by atoms with van der Waals surface area (Å²) >= 11 is 3.22. The molecule has 138 valence electrons.